The Morgan fingerprint density at radius 3 is 2.39 bits per heavy atom. The van der Waals surface area contributed by atoms with Crippen molar-refractivity contribution in [3.63, 3.8) is 0 Å². The highest BCUT2D eigenvalue weighted by Crippen LogP contribution is 2.15. The topological polar surface area (TPSA) is 98.5 Å². The molecule has 0 saturated heterocycles. The van der Waals surface area contributed by atoms with Crippen LogP contribution in [0, 0.1) is 10.1 Å². The van der Waals surface area contributed by atoms with Gasteiger partial charge in [-0.05, 0) is 19.1 Å². The quantitative estimate of drug-likeness (QED) is 0.614. The minimum atomic E-state index is -3.68. The number of nitrogens with one attached hydrogen (secondary N) is 1. The number of methoxy groups -OCH3 is 1. The monoisotopic (exact) mass is 274 g/mol. The smallest absolute Gasteiger partial charge is 0.269 e. The van der Waals surface area contributed by atoms with E-state index in [0.717, 1.165) is 12.1 Å². The van der Waals surface area contributed by atoms with Crippen LogP contribution in [0.4, 0.5) is 5.69 Å². The molecule has 1 aromatic rings. The molecule has 100 valence electrons. The lowest BCUT2D eigenvalue weighted by atomic mass is 10.3. The molecule has 0 amide bonds. The fourth-order valence-corrected chi connectivity index (χ4v) is 2.59. The van der Waals surface area contributed by atoms with Crippen molar-refractivity contribution in [2.24, 2.45) is 0 Å². The number of hydrogen-bond donors (Lipinski definition) is 1. The maximum Gasteiger partial charge on any atom is 0.269 e. The van der Waals surface area contributed by atoms with E-state index in [9.17, 15) is 18.5 Å². The molecule has 8 heteroatoms. The van der Waals surface area contributed by atoms with Gasteiger partial charge in [-0.25, -0.2) is 13.1 Å². The largest absolute Gasteiger partial charge is 0.383 e. The van der Waals surface area contributed by atoms with Gasteiger partial charge in [-0.1, -0.05) is 0 Å². The van der Waals surface area contributed by atoms with Crippen molar-refractivity contribution < 1.29 is 18.1 Å². The van der Waals surface area contributed by atoms with Crippen molar-refractivity contribution in [3.8, 4) is 0 Å². The number of nitro benzene ring substituents is 1. The molecule has 7 nitrogen and oxygen atoms in total. The fourth-order valence-electron chi connectivity index (χ4n) is 1.36. The number of rotatable bonds is 6. The van der Waals surface area contributed by atoms with Crippen molar-refractivity contribution in [2.45, 2.75) is 17.9 Å². The van der Waals surface area contributed by atoms with Crippen LogP contribution in [0.5, 0.6) is 0 Å². The summed E-state index contributed by atoms with van der Waals surface area (Å²) in [6.45, 7) is 1.90. The minimum absolute atomic E-state index is 0.0175. The number of ether oxygens (including phenoxy) is 1. The normalized spacial score (nSPS) is 13.2. The Balaban J connectivity index is 2.88. The predicted octanol–water partition coefficient (Wildman–Crippen LogP) is 0.908. The zero-order chi connectivity index (χ0) is 13.8. The van der Waals surface area contributed by atoms with E-state index >= 15 is 0 Å². The van der Waals surface area contributed by atoms with Crippen molar-refractivity contribution in [3.05, 3.63) is 34.4 Å². The number of non-ortho nitro benzene ring substituents is 1. The molecule has 1 aromatic carbocycles. The Labute approximate surface area is 105 Å². The zero-order valence-corrected chi connectivity index (χ0v) is 10.8. The van der Waals surface area contributed by atoms with Crippen LogP contribution < -0.4 is 4.72 Å². The Morgan fingerprint density at radius 1 is 1.39 bits per heavy atom. The average Bonchev–Trinajstić information content (AvgIpc) is 2.28. The Morgan fingerprint density at radius 2 is 1.94 bits per heavy atom. The van der Waals surface area contributed by atoms with E-state index in [4.69, 9.17) is 4.74 Å². The second-order valence-corrected chi connectivity index (χ2v) is 5.44. The number of nitro groups is 1. The Bertz CT molecular complexity index is 512. The predicted molar refractivity (Wildman–Crippen MR) is 64.8 cm³/mol. The van der Waals surface area contributed by atoms with Gasteiger partial charge >= 0.3 is 0 Å². The maximum absolute atomic E-state index is 11.9. The third kappa shape index (κ3) is 3.76. The number of nitrogens with zero attached hydrogens (tertiary/aromatic N) is 1. The van der Waals surface area contributed by atoms with Gasteiger partial charge in [0.05, 0.1) is 16.4 Å². The van der Waals surface area contributed by atoms with Crippen LogP contribution in [0.3, 0.4) is 0 Å². The molecule has 0 fully saturated rings. The molecule has 1 rings (SSSR count). The first-order chi connectivity index (χ1) is 8.36. The van der Waals surface area contributed by atoms with Gasteiger partial charge in [-0.3, -0.25) is 10.1 Å². The molecule has 0 aliphatic rings. The standard InChI is InChI=1S/C10H14N2O5S/c1-8(7-17-2)11-18(15,16)10-5-3-9(4-6-10)12(13)14/h3-6,8,11H,7H2,1-2H3/t8-/m1/s1. The third-order valence-electron chi connectivity index (χ3n) is 2.13. The first-order valence-corrected chi connectivity index (χ1v) is 6.61. The van der Waals surface area contributed by atoms with Crippen LogP contribution in [-0.4, -0.2) is 33.1 Å². The highest BCUT2D eigenvalue weighted by molar-refractivity contribution is 7.89. The lowest BCUT2D eigenvalue weighted by Crippen LogP contribution is -2.35. The molecule has 0 unspecified atom stereocenters. The van der Waals surface area contributed by atoms with Gasteiger partial charge in [0.2, 0.25) is 10.0 Å². The number of hydrogen-bond acceptors (Lipinski definition) is 5. The number of sulfonamides is 1. The summed E-state index contributed by atoms with van der Waals surface area (Å²) in [6.07, 6.45) is 0. The van der Waals surface area contributed by atoms with Crippen LogP contribution in [-0.2, 0) is 14.8 Å². The lowest BCUT2D eigenvalue weighted by Gasteiger charge is -2.12. The Hall–Kier alpha value is -1.51. The van der Waals surface area contributed by atoms with Gasteiger partial charge in [0.1, 0.15) is 0 Å². The third-order valence-corrected chi connectivity index (χ3v) is 3.74. The molecule has 0 radical (unpaired) electrons. The lowest BCUT2D eigenvalue weighted by molar-refractivity contribution is -0.384. The van der Waals surface area contributed by atoms with Crippen LogP contribution in [0.15, 0.2) is 29.2 Å². The summed E-state index contributed by atoms with van der Waals surface area (Å²) in [7, 11) is -2.21. The summed E-state index contributed by atoms with van der Waals surface area (Å²) in [5.74, 6) is 0. The number of benzene rings is 1. The molecular weight excluding hydrogens is 260 g/mol. The highest BCUT2D eigenvalue weighted by Gasteiger charge is 2.18. The van der Waals surface area contributed by atoms with Gasteiger partial charge in [-0.15, -0.1) is 0 Å². The molecule has 0 aromatic heterocycles. The fraction of sp³-hybridized carbons (Fsp3) is 0.400. The molecule has 18 heavy (non-hydrogen) atoms. The molecule has 0 aliphatic heterocycles. The van der Waals surface area contributed by atoms with E-state index in [1.54, 1.807) is 6.92 Å². The molecule has 0 heterocycles. The molecule has 0 aliphatic carbocycles. The van der Waals surface area contributed by atoms with Crippen molar-refractivity contribution in [1.82, 2.24) is 4.72 Å². The average molecular weight is 274 g/mol. The van der Waals surface area contributed by atoms with E-state index in [1.165, 1.54) is 19.2 Å². The van der Waals surface area contributed by atoms with E-state index in [0.29, 0.717) is 0 Å². The molecule has 0 spiro atoms. The van der Waals surface area contributed by atoms with Crippen molar-refractivity contribution >= 4 is 15.7 Å². The van der Waals surface area contributed by atoms with Crippen molar-refractivity contribution in [2.75, 3.05) is 13.7 Å². The molecular formula is C10H14N2O5S. The summed E-state index contributed by atoms with van der Waals surface area (Å²) in [4.78, 5) is 9.85. The highest BCUT2D eigenvalue weighted by atomic mass is 32.2. The van der Waals surface area contributed by atoms with Gasteiger partial charge in [0.15, 0.2) is 0 Å². The SMILES string of the molecule is COC[C@@H](C)NS(=O)(=O)c1ccc([N+](=O)[O-])cc1. The van der Waals surface area contributed by atoms with E-state index in [1.807, 2.05) is 0 Å². The second-order valence-electron chi connectivity index (χ2n) is 3.73. The molecule has 1 N–H and O–H groups in total. The first kappa shape index (κ1) is 14.6. The van der Waals surface area contributed by atoms with Crippen LogP contribution in [0.25, 0.3) is 0 Å². The van der Waals surface area contributed by atoms with E-state index in [-0.39, 0.29) is 23.2 Å². The van der Waals surface area contributed by atoms with Crippen molar-refractivity contribution in [1.29, 1.82) is 0 Å². The van der Waals surface area contributed by atoms with Gasteiger partial charge in [-0.2, -0.15) is 0 Å². The van der Waals surface area contributed by atoms with Gasteiger partial charge in [0.25, 0.3) is 5.69 Å². The molecule has 1 atom stereocenters. The zero-order valence-electron chi connectivity index (χ0n) is 9.99. The minimum Gasteiger partial charge on any atom is -0.383 e. The van der Waals surface area contributed by atoms with Crippen LogP contribution >= 0.6 is 0 Å². The molecule has 0 bridgehead atoms. The summed E-state index contributed by atoms with van der Waals surface area (Å²) in [6, 6.07) is 4.31. The van der Waals surface area contributed by atoms with Crippen LogP contribution in [0.1, 0.15) is 6.92 Å². The summed E-state index contributed by atoms with van der Waals surface area (Å²) < 4.78 is 30.9. The Kier molecular flexibility index (Phi) is 4.76. The van der Waals surface area contributed by atoms with Gasteiger partial charge < -0.3 is 4.74 Å². The van der Waals surface area contributed by atoms with Gasteiger partial charge in [0, 0.05) is 25.3 Å². The first-order valence-electron chi connectivity index (χ1n) is 5.12. The van der Waals surface area contributed by atoms with E-state index < -0.39 is 14.9 Å². The maximum atomic E-state index is 11.9. The van der Waals surface area contributed by atoms with Crippen LogP contribution in [0.2, 0.25) is 0 Å². The van der Waals surface area contributed by atoms with E-state index in [2.05, 4.69) is 4.72 Å². The molecule has 0 saturated carbocycles. The summed E-state index contributed by atoms with van der Waals surface area (Å²) in [5, 5.41) is 10.4. The summed E-state index contributed by atoms with van der Waals surface area (Å²) >= 11 is 0. The second kappa shape index (κ2) is 5.89. The summed E-state index contributed by atoms with van der Waals surface area (Å²) in [5.41, 5.74) is -0.154.